The van der Waals surface area contributed by atoms with Crippen LogP contribution in [0.5, 0.6) is 0 Å². The predicted molar refractivity (Wildman–Crippen MR) is 205 cm³/mol. The minimum Gasteiger partial charge on any atom is -0.387 e. The van der Waals surface area contributed by atoms with Crippen LogP contribution in [-0.2, 0) is 9.59 Å². The van der Waals surface area contributed by atoms with Crippen LogP contribution in [0.4, 0.5) is 11.5 Å². The quantitative estimate of drug-likeness (QED) is 0.183. The first kappa shape index (κ1) is 36.1. The van der Waals surface area contributed by atoms with Gasteiger partial charge in [-0.25, -0.2) is 9.50 Å². The van der Waals surface area contributed by atoms with Crippen molar-refractivity contribution in [3.05, 3.63) is 71.6 Å². The van der Waals surface area contributed by atoms with Gasteiger partial charge in [-0.2, -0.15) is 10.4 Å². The van der Waals surface area contributed by atoms with Gasteiger partial charge in [-0.3, -0.25) is 19.9 Å². The largest absolute Gasteiger partial charge is 0.387 e. The van der Waals surface area contributed by atoms with Crippen molar-refractivity contribution in [1.29, 1.82) is 5.26 Å². The van der Waals surface area contributed by atoms with Gasteiger partial charge in [-0.15, -0.1) is 10.2 Å². The van der Waals surface area contributed by atoms with Gasteiger partial charge in [0, 0.05) is 57.2 Å². The summed E-state index contributed by atoms with van der Waals surface area (Å²) >= 11 is 1.47. The fraction of sp³-hybridized carbons (Fsp3) is 0.436. The van der Waals surface area contributed by atoms with Gasteiger partial charge in [0.25, 0.3) is 0 Å². The summed E-state index contributed by atoms with van der Waals surface area (Å²) < 4.78 is 1.77. The number of nitrogens with zero attached hydrogens (tertiary/aromatic N) is 9. The molecule has 1 unspecified atom stereocenters. The molecule has 5 aromatic heterocycles. The normalized spacial score (nSPS) is 18.4. The van der Waals surface area contributed by atoms with Gasteiger partial charge in [0.2, 0.25) is 11.8 Å². The number of rotatable bonds is 8. The average molecular weight is 732 g/mol. The van der Waals surface area contributed by atoms with E-state index in [1.807, 2.05) is 43.6 Å². The van der Waals surface area contributed by atoms with Crippen molar-refractivity contribution >= 4 is 40.2 Å². The van der Waals surface area contributed by atoms with Crippen LogP contribution in [0.25, 0.3) is 27.5 Å². The summed E-state index contributed by atoms with van der Waals surface area (Å²) in [5, 5.41) is 27.7. The van der Waals surface area contributed by atoms with Gasteiger partial charge in [-0.1, -0.05) is 36.7 Å². The number of carbonyl (C=O) groups excluding carboxylic acids is 2. The molecule has 274 valence electrons. The van der Waals surface area contributed by atoms with Crippen LogP contribution in [0, 0.1) is 17.2 Å². The zero-order valence-electron chi connectivity index (χ0n) is 30.2. The number of hydrogen-bond donors (Lipinski definition) is 2. The maximum atomic E-state index is 12.1. The maximum Gasteiger partial charge on any atom is 0.234 e. The van der Waals surface area contributed by atoms with E-state index in [1.54, 1.807) is 28.5 Å². The number of anilines is 2. The van der Waals surface area contributed by atoms with Crippen LogP contribution >= 0.6 is 11.3 Å². The Morgan fingerprint density at radius 1 is 1.00 bits per heavy atom. The number of pyridine rings is 2. The number of piperidine rings is 2. The molecule has 2 N–H and O–H groups in total. The highest BCUT2D eigenvalue weighted by molar-refractivity contribution is 7.12. The number of imide groups is 1. The lowest BCUT2D eigenvalue weighted by atomic mass is 9.91. The van der Waals surface area contributed by atoms with Gasteiger partial charge in [0.05, 0.1) is 40.1 Å². The summed E-state index contributed by atoms with van der Waals surface area (Å²) in [6, 6.07) is 14.5. The number of hydrogen-bond acceptors (Lipinski definition) is 12. The third-order valence-corrected chi connectivity index (χ3v) is 11.5. The van der Waals surface area contributed by atoms with Crippen molar-refractivity contribution in [3.8, 4) is 28.0 Å². The Morgan fingerprint density at radius 2 is 1.83 bits per heavy atom. The molecule has 0 aromatic carbocycles. The molecule has 8 rings (SSSR count). The number of aromatic nitrogens is 6. The van der Waals surface area contributed by atoms with Crippen molar-refractivity contribution in [2.45, 2.75) is 69.7 Å². The van der Waals surface area contributed by atoms with Crippen LogP contribution in [-0.4, -0.2) is 86.3 Å². The summed E-state index contributed by atoms with van der Waals surface area (Å²) in [5.41, 5.74) is 7.44. The van der Waals surface area contributed by atoms with Crippen LogP contribution < -0.4 is 15.5 Å². The number of carbonyl (C=O) groups is 2. The molecule has 2 amide bonds. The average Bonchev–Trinajstić information content (AvgIpc) is 3.90. The van der Waals surface area contributed by atoms with E-state index in [0.29, 0.717) is 18.4 Å². The third-order valence-electron chi connectivity index (χ3n) is 10.8. The van der Waals surface area contributed by atoms with E-state index >= 15 is 0 Å². The van der Waals surface area contributed by atoms with E-state index in [1.165, 1.54) is 62.8 Å². The van der Waals surface area contributed by atoms with Gasteiger partial charge in [0.1, 0.15) is 17.4 Å². The second-order valence-corrected chi connectivity index (χ2v) is 15.0. The molecule has 53 heavy (non-hydrogen) atoms. The van der Waals surface area contributed by atoms with E-state index < -0.39 is 0 Å². The fourth-order valence-electron chi connectivity index (χ4n) is 7.74. The SMILES string of the molecule is CN(CC1CCN(c2ccc(C3CCC(=O)NC3=O)cn2)CC1)C1CCCCC1.CNc1cc(-c2ccc3cc(C#N)cnn23)ncc1-c1nncs1. The second-order valence-electron chi connectivity index (χ2n) is 14.1. The van der Waals surface area contributed by atoms with Crippen molar-refractivity contribution in [3.63, 3.8) is 0 Å². The molecule has 7 heterocycles. The van der Waals surface area contributed by atoms with Crippen LogP contribution in [0.15, 0.2) is 60.5 Å². The smallest absolute Gasteiger partial charge is 0.234 e. The second kappa shape index (κ2) is 16.6. The van der Waals surface area contributed by atoms with Crippen molar-refractivity contribution in [1.82, 2.24) is 40.0 Å². The molecule has 0 radical (unpaired) electrons. The molecule has 1 aliphatic carbocycles. The highest BCUT2D eigenvalue weighted by Crippen LogP contribution is 2.32. The summed E-state index contributed by atoms with van der Waals surface area (Å²) in [4.78, 5) is 37.6. The van der Waals surface area contributed by atoms with Crippen LogP contribution in [0.2, 0.25) is 0 Å². The highest BCUT2D eigenvalue weighted by Gasteiger charge is 2.29. The monoisotopic (exact) mass is 731 g/mol. The molecule has 1 atom stereocenters. The van der Waals surface area contributed by atoms with E-state index in [9.17, 15) is 9.59 Å². The number of amides is 2. The molecular formula is C39H45N11O2S. The zero-order valence-corrected chi connectivity index (χ0v) is 31.1. The Labute approximate surface area is 313 Å². The number of nitrogens with one attached hydrogen (secondary N) is 2. The maximum absolute atomic E-state index is 12.1. The molecule has 1 saturated carbocycles. The van der Waals surface area contributed by atoms with E-state index in [4.69, 9.17) is 5.26 Å². The van der Waals surface area contributed by atoms with Gasteiger partial charge in [0.15, 0.2) is 5.01 Å². The molecule has 0 bridgehead atoms. The van der Waals surface area contributed by atoms with E-state index in [-0.39, 0.29) is 17.7 Å². The minimum absolute atomic E-state index is 0.173. The standard InChI is InChI=1S/C23H34N4O2.C16H11N7S/c1-26(19-5-3-2-4-6-19)16-17-11-13-27(14-12-17)21-9-7-18(15-24-21)20-8-10-22(28)25-23(20)29;1-18-13-5-14(19-8-12(13)16-22-20-9-24-16)15-3-2-11-4-10(6-17)7-21-23(11)15/h7,9,15,17,19-20H,2-6,8,10-14,16H2,1H3,(H,25,28,29);2-5,7-9H,1H3,(H,18,19). The number of fused-ring (bicyclic) bond motifs is 1. The van der Waals surface area contributed by atoms with E-state index in [2.05, 4.69) is 58.8 Å². The molecule has 2 saturated heterocycles. The van der Waals surface area contributed by atoms with Gasteiger partial charge < -0.3 is 15.1 Å². The fourth-order valence-corrected chi connectivity index (χ4v) is 8.32. The third kappa shape index (κ3) is 8.37. The number of nitriles is 1. The Kier molecular flexibility index (Phi) is 11.3. The minimum atomic E-state index is -0.254. The molecule has 13 nitrogen and oxygen atoms in total. The predicted octanol–water partition coefficient (Wildman–Crippen LogP) is 5.91. The van der Waals surface area contributed by atoms with Crippen LogP contribution in [0.1, 0.15) is 74.8 Å². The Bertz CT molecular complexity index is 2060. The first-order chi connectivity index (χ1) is 25.9. The van der Waals surface area contributed by atoms with Crippen molar-refractivity contribution in [2.75, 3.05) is 43.9 Å². The van der Waals surface area contributed by atoms with Crippen molar-refractivity contribution < 1.29 is 9.59 Å². The molecule has 3 aliphatic rings. The first-order valence-corrected chi connectivity index (χ1v) is 19.4. The lowest BCUT2D eigenvalue weighted by Gasteiger charge is -2.38. The Balaban J connectivity index is 0.000000167. The molecule has 14 heteroatoms. The molecular weight excluding hydrogens is 687 g/mol. The Hall–Kier alpha value is -5.26. The van der Waals surface area contributed by atoms with Gasteiger partial charge >= 0.3 is 0 Å². The summed E-state index contributed by atoms with van der Waals surface area (Å²) in [7, 11) is 4.18. The lowest BCUT2D eigenvalue weighted by molar-refractivity contribution is -0.134. The summed E-state index contributed by atoms with van der Waals surface area (Å²) in [6.45, 7) is 3.32. The van der Waals surface area contributed by atoms with E-state index in [0.717, 1.165) is 69.6 Å². The molecule has 2 aliphatic heterocycles. The molecule has 0 spiro atoms. The zero-order chi connectivity index (χ0) is 36.7. The summed E-state index contributed by atoms with van der Waals surface area (Å²) in [5.74, 6) is 1.16. The lowest BCUT2D eigenvalue weighted by Crippen LogP contribution is -2.41. The van der Waals surface area contributed by atoms with Gasteiger partial charge in [-0.05, 0) is 81.0 Å². The molecule has 5 aromatic rings. The first-order valence-electron chi connectivity index (χ1n) is 18.5. The Morgan fingerprint density at radius 3 is 2.53 bits per heavy atom. The van der Waals surface area contributed by atoms with Crippen LogP contribution in [0.3, 0.4) is 0 Å². The molecule has 3 fully saturated rings. The highest BCUT2D eigenvalue weighted by atomic mass is 32.1. The topological polar surface area (TPSA) is 157 Å². The van der Waals surface area contributed by atoms with Crippen molar-refractivity contribution in [2.24, 2.45) is 5.92 Å². The summed E-state index contributed by atoms with van der Waals surface area (Å²) in [6.07, 6.45) is 15.5.